The Kier molecular flexibility index (Phi) is 7.12. The van der Waals surface area contributed by atoms with Crippen LogP contribution in [0.15, 0.2) is 24.4 Å². The van der Waals surface area contributed by atoms with Gasteiger partial charge in [0.15, 0.2) is 5.82 Å². The molecule has 2 N–H and O–H groups in total. The Balaban J connectivity index is 0.000000834. The number of carbonyl (C=O) groups excluding carboxylic acids is 2. The summed E-state index contributed by atoms with van der Waals surface area (Å²) in [6.45, 7) is -0.303. The van der Waals surface area contributed by atoms with Crippen LogP contribution in [0.25, 0.3) is 0 Å². The lowest BCUT2D eigenvalue weighted by Crippen LogP contribution is -2.29. The molecule has 2 fully saturated rings. The largest absolute Gasteiger partial charge is 0.345 e. The van der Waals surface area contributed by atoms with Gasteiger partial charge in [0.1, 0.15) is 17.4 Å². The van der Waals surface area contributed by atoms with E-state index in [0.717, 1.165) is 0 Å². The van der Waals surface area contributed by atoms with Crippen molar-refractivity contribution < 1.29 is 18.4 Å². The lowest BCUT2D eigenvalue weighted by Gasteiger charge is -2.16. The first-order valence-corrected chi connectivity index (χ1v) is 9.93. The van der Waals surface area contributed by atoms with Crippen molar-refractivity contribution in [2.45, 2.75) is 32.1 Å². The summed E-state index contributed by atoms with van der Waals surface area (Å²) in [5, 5.41) is 18.1. The SMILES string of the molecule is C1CC1.Cn1nc(Nc2cc(N3CCC(C#N)C3=O)ccn2)cc1C(=O)NCC(F)F. The molecular weight excluding hydrogens is 408 g/mol. The minimum atomic E-state index is -2.64. The number of halogens is 2. The smallest absolute Gasteiger partial charge is 0.269 e. The number of rotatable bonds is 6. The third kappa shape index (κ3) is 5.97. The molecule has 4 rings (SSSR count). The van der Waals surface area contributed by atoms with Gasteiger partial charge in [-0.25, -0.2) is 13.8 Å². The minimum absolute atomic E-state index is 0.103. The second-order valence-corrected chi connectivity index (χ2v) is 7.18. The van der Waals surface area contributed by atoms with Crippen LogP contribution in [-0.4, -0.2) is 46.1 Å². The number of amides is 2. The molecular formula is C20H23F2N7O2. The molecule has 0 bridgehead atoms. The summed E-state index contributed by atoms with van der Waals surface area (Å²) in [6.07, 6.45) is 3.83. The Labute approximate surface area is 178 Å². The normalized spacial score (nSPS) is 17.1. The first-order valence-electron chi connectivity index (χ1n) is 9.93. The molecule has 2 amide bonds. The molecule has 0 aromatic carbocycles. The zero-order valence-corrected chi connectivity index (χ0v) is 17.0. The zero-order chi connectivity index (χ0) is 22.4. The average molecular weight is 431 g/mol. The van der Waals surface area contributed by atoms with E-state index >= 15 is 0 Å². The van der Waals surface area contributed by atoms with Crippen LogP contribution in [0.3, 0.4) is 0 Å². The Morgan fingerprint density at radius 3 is 2.68 bits per heavy atom. The number of nitriles is 1. The van der Waals surface area contributed by atoms with E-state index in [0.29, 0.717) is 24.5 Å². The average Bonchev–Trinajstić information content (AvgIpc) is 3.52. The molecule has 1 atom stereocenters. The lowest BCUT2D eigenvalue weighted by atomic mass is 10.1. The van der Waals surface area contributed by atoms with Crippen molar-refractivity contribution >= 4 is 29.1 Å². The number of pyridine rings is 1. The van der Waals surface area contributed by atoms with Crippen molar-refractivity contribution in [3.63, 3.8) is 0 Å². The Bertz CT molecular complexity index is 981. The number of hydrogen-bond acceptors (Lipinski definition) is 6. The predicted molar refractivity (Wildman–Crippen MR) is 109 cm³/mol. The first-order chi connectivity index (χ1) is 14.9. The van der Waals surface area contributed by atoms with Crippen LogP contribution in [-0.2, 0) is 11.8 Å². The number of anilines is 3. The van der Waals surface area contributed by atoms with Crippen molar-refractivity contribution in [2.75, 3.05) is 23.3 Å². The van der Waals surface area contributed by atoms with Crippen molar-refractivity contribution in [1.29, 1.82) is 5.26 Å². The van der Waals surface area contributed by atoms with Crippen LogP contribution < -0.4 is 15.5 Å². The molecule has 2 aromatic heterocycles. The summed E-state index contributed by atoms with van der Waals surface area (Å²) in [7, 11) is 1.51. The van der Waals surface area contributed by atoms with E-state index in [2.05, 4.69) is 20.7 Å². The molecule has 2 aliphatic rings. The maximum absolute atomic E-state index is 12.2. The van der Waals surface area contributed by atoms with Crippen molar-refractivity contribution in [1.82, 2.24) is 20.1 Å². The maximum atomic E-state index is 12.2. The number of nitrogens with one attached hydrogen (secondary N) is 2. The van der Waals surface area contributed by atoms with Gasteiger partial charge in [0.2, 0.25) is 5.91 Å². The molecule has 0 radical (unpaired) electrons. The molecule has 1 unspecified atom stereocenters. The van der Waals surface area contributed by atoms with Gasteiger partial charge in [0.25, 0.3) is 12.3 Å². The third-order valence-electron chi connectivity index (χ3n) is 4.56. The summed E-state index contributed by atoms with van der Waals surface area (Å²) in [4.78, 5) is 29.8. The monoisotopic (exact) mass is 431 g/mol. The first kappa shape index (κ1) is 22.1. The van der Waals surface area contributed by atoms with Gasteiger partial charge in [-0.15, -0.1) is 0 Å². The van der Waals surface area contributed by atoms with E-state index in [-0.39, 0.29) is 17.4 Å². The highest BCUT2D eigenvalue weighted by molar-refractivity contribution is 5.99. The van der Waals surface area contributed by atoms with E-state index < -0.39 is 24.8 Å². The number of hydrogen-bond donors (Lipinski definition) is 2. The van der Waals surface area contributed by atoms with Gasteiger partial charge in [-0.05, 0) is 12.5 Å². The molecule has 0 spiro atoms. The second-order valence-electron chi connectivity index (χ2n) is 7.18. The Hall–Kier alpha value is -3.55. The standard InChI is InChI=1S/C17H17F2N7O2.C3H6/c1-25-12(16(27)22-9-13(18)19)7-15(24-25)23-14-6-11(2-4-21-14)26-5-3-10(8-20)17(26)28;1-2-3-1/h2,4,6-7,10,13H,3,5,9H2,1H3,(H,22,27)(H,21,23,24);1-3H2. The fraction of sp³-hybridized carbons (Fsp3) is 0.450. The number of nitrogens with zero attached hydrogens (tertiary/aromatic N) is 5. The van der Waals surface area contributed by atoms with Crippen LogP contribution in [0, 0.1) is 17.2 Å². The van der Waals surface area contributed by atoms with Crippen LogP contribution in [0.4, 0.5) is 26.1 Å². The minimum Gasteiger partial charge on any atom is -0.345 e. The van der Waals surface area contributed by atoms with Gasteiger partial charge in [0.05, 0.1) is 12.6 Å². The maximum Gasteiger partial charge on any atom is 0.269 e. The Morgan fingerprint density at radius 2 is 2.06 bits per heavy atom. The van der Waals surface area contributed by atoms with E-state index in [1.807, 2.05) is 6.07 Å². The predicted octanol–water partition coefficient (Wildman–Crippen LogP) is 2.60. The summed E-state index contributed by atoms with van der Waals surface area (Å²) < 4.78 is 25.7. The van der Waals surface area contributed by atoms with E-state index in [4.69, 9.17) is 5.26 Å². The van der Waals surface area contributed by atoms with Crippen LogP contribution in [0.2, 0.25) is 0 Å². The van der Waals surface area contributed by atoms with Gasteiger partial charge in [-0.3, -0.25) is 14.3 Å². The highest BCUT2D eigenvalue weighted by atomic mass is 19.3. The molecule has 31 heavy (non-hydrogen) atoms. The van der Waals surface area contributed by atoms with E-state index in [1.165, 1.54) is 48.2 Å². The molecule has 11 heteroatoms. The van der Waals surface area contributed by atoms with Crippen molar-refractivity contribution in [2.24, 2.45) is 13.0 Å². The molecule has 3 heterocycles. The van der Waals surface area contributed by atoms with Crippen LogP contribution in [0.5, 0.6) is 0 Å². The van der Waals surface area contributed by atoms with Gasteiger partial charge in [0, 0.05) is 37.6 Å². The van der Waals surface area contributed by atoms with Gasteiger partial charge >= 0.3 is 0 Å². The van der Waals surface area contributed by atoms with Crippen LogP contribution in [0.1, 0.15) is 36.2 Å². The van der Waals surface area contributed by atoms with Gasteiger partial charge in [-0.1, -0.05) is 19.3 Å². The molecule has 2 aromatic rings. The second kappa shape index (κ2) is 9.97. The summed E-state index contributed by atoms with van der Waals surface area (Å²) >= 11 is 0. The number of aryl methyl sites for hydroxylation is 1. The van der Waals surface area contributed by atoms with Crippen molar-refractivity contribution in [3.8, 4) is 6.07 Å². The highest BCUT2D eigenvalue weighted by Gasteiger charge is 2.32. The van der Waals surface area contributed by atoms with Crippen molar-refractivity contribution in [3.05, 3.63) is 30.1 Å². The third-order valence-corrected chi connectivity index (χ3v) is 4.56. The van der Waals surface area contributed by atoms with E-state index in [1.54, 1.807) is 12.1 Å². The molecule has 1 aliphatic carbocycles. The van der Waals surface area contributed by atoms with E-state index in [9.17, 15) is 18.4 Å². The molecule has 164 valence electrons. The zero-order valence-electron chi connectivity index (χ0n) is 17.0. The quantitative estimate of drug-likeness (QED) is 0.726. The molecule has 1 aliphatic heterocycles. The molecule has 9 nitrogen and oxygen atoms in total. The number of aromatic nitrogens is 3. The van der Waals surface area contributed by atoms with Gasteiger partial charge in [-0.2, -0.15) is 10.4 Å². The summed E-state index contributed by atoms with van der Waals surface area (Å²) in [6, 6.07) is 6.67. The number of carbonyl (C=O) groups is 2. The summed E-state index contributed by atoms with van der Waals surface area (Å²) in [5.41, 5.74) is 0.692. The topological polar surface area (TPSA) is 116 Å². The van der Waals surface area contributed by atoms with Crippen LogP contribution >= 0.6 is 0 Å². The van der Waals surface area contributed by atoms with Gasteiger partial charge < -0.3 is 15.5 Å². The fourth-order valence-corrected chi connectivity index (χ4v) is 2.84. The fourth-order valence-electron chi connectivity index (χ4n) is 2.84. The number of alkyl halides is 2. The Morgan fingerprint density at radius 1 is 1.32 bits per heavy atom. The molecule has 1 saturated heterocycles. The summed E-state index contributed by atoms with van der Waals surface area (Å²) in [5.74, 6) is -0.902. The molecule has 1 saturated carbocycles. The lowest BCUT2D eigenvalue weighted by molar-refractivity contribution is -0.119. The highest BCUT2D eigenvalue weighted by Crippen LogP contribution is 2.27.